The Bertz CT molecular complexity index is 480. The van der Waals surface area contributed by atoms with Crippen molar-refractivity contribution in [1.29, 1.82) is 0 Å². The zero-order chi connectivity index (χ0) is 10.8. The molecule has 0 aromatic carbocycles. The SMILES string of the molecule is COc1c(N)ncnc1-c1cnn(C)n1. The van der Waals surface area contributed by atoms with Gasteiger partial charge in [0, 0.05) is 7.05 Å². The molecule has 78 valence electrons. The third kappa shape index (κ3) is 1.58. The van der Waals surface area contributed by atoms with Gasteiger partial charge in [-0.2, -0.15) is 15.0 Å². The first-order valence-corrected chi connectivity index (χ1v) is 4.23. The molecule has 0 spiro atoms. The van der Waals surface area contributed by atoms with Crippen molar-refractivity contribution in [2.45, 2.75) is 0 Å². The van der Waals surface area contributed by atoms with E-state index in [0.717, 1.165) is 0 Å². The second kappa shape index (κ2) is 3.52. The van der Waals surface area contributed by atoms with Crippen molar-refractivity contribution in [2.75, 3.05) is 12.8 Å². The van der Waals surface area contributed by atoms with Crippen LogP contribution in [0.1, 0.15) is 0 Å². The zero-order valence-corrected chi connectivity index (χ0v) is 8.38. The molecule has 2 heterocycles. The van der Waals surface area contributed by atoms with Gasteiger partial charge in [-0.15, -0.1) is 0 Å². The van der Waals surface area contributed by atoms with Gasteiger partial charge in [0.15, 0.2) is 11.6 Å². The summed E-state index contributed by atoms with van der Waals surface area (Å²) in [4.78, 5) is 9.33. The Balaban J connectivity index is 2.57. The lowest BCUT2D eigenvalue weighted by atomic mass is 10.3. The summed E-state index contributed by atoms with van der Waals surface area (Å²) in [6.07, 6.45) is 2.95. The lowest BCUT2D eigenvalue weighted by Gasteiger charge is -2.05. The van der Waals surface area contributed by atoms with Gasteiger partial charge >= 0.3 is 0 Å². The average molecular weight is 206 g/mol. The number of hydrogen-bond donors (Lipinski definition) is 1. The predicted molar refractivity (Wildman–Crippen MR) is 53.0 cm³/mol. The van der Waals surface area contributed by atoms with Gasteiger partial charge in [0.1, 0.15) is 17.7 Å². The Hall–Kier alpha value is -2.18. The van der Waals surface area contributed by atoms with Crippen LogP contribution in [0.4, 0.5) is 5.82 Å². The molecule has 0 aliphatic carbocycles. The van der Waals surface area contributed by atoms with Gasteiger partial charge in [-0.1, -0.05) is 0 Å². The van der Waals surface area contributed by atoms with Crippen LogP contribution in [0, 0.1) is 0 Å². The van der Waals surface area contributed by atoms with Gasteiger partial charge in [0.05, 0.1) is 13.3 Å². The van der Waals surface area contributed by atoms with Crippen LogP contribution in [0.25, 0.3) is 11.4 Å². The lowest BCUT2D eigenvalue weighted by Crippen LogP contribution is -2.00. The summed E-state index contributed by atoms with van der Waals surface area (Å²) in [5.41, 5.74) is 6.79. The van der Waals surface area contributed by atoms with Crippen LogP contribution in [-0.4, -0.2) is 32.1 Å². The summed E-state index contributed by atoms with van der Waals surface area (Å²) in [7, 11) is 3.23. The summed E-state index contributed by atoms with van der Waals surface area (Å²) in [6, 6.07) is 0. The highest BCUT2D eigenvalue weighted by molar-refractivity contribution is 5.67. The molecule has 15 heavy (non-hydrogen) atoms. The Morgan fingerprint density at radius 2 is 2.20 bits per heavy atom. The topological polar surface area (TPSA) is 91.7 Å². The maximum Gasteiger partial charge on any atom is 0.189 e. The molecule has 0 amide bonds. The number of aryl methyl sites for hydroxylation is 1. The largest absolute Gasteiger partial charge is 0.491 e. The van der Waals surface area contributed by atoms with Crippen molar-refractivity contribution in [2.24, 2.45) is 7.05 Å². The number of methoxy groups -OCH3 is 1. The molecular formula is C8H10N6O. The quantitative estimate of drug-likeness (QED) is 0.735. The first kappa shape index (κ1) is 9.38. The minimum absolute atomic E-state index is 0.285. The van der Waals surface area contributed by atoms with Crippen molar-refractivity contribution in [1.82, 2.24) is 25.0 Å². The molecule has 0 unspecified atom stereocenters. The molecule has 0 fully saturated rings. The van der Waals surface area contributed by atoms with Crippen LogP contribution < -0.4 is 10.5 Å². The van der Waals surface area contributed by atoms with Gasteiger partial charge in [-0.25, -0.2) is 9.97 Å². The van der Waals surface area contributed by atoms with Gasteiger partial charge in [-0.05, 0) is 0 Å². The Kier molecular flexibility index (Phi) is 2.20. The van der Waals surface area contributed by atoms with Crippen molar-refractivity contribution < 1.29 is 4.74 Å². The molecule has 0 saturated carbocycles. The van der Waals surface area contributed by atoms with Gasteiger partial charge in [0.2, 0.25) is 0 Å². The second-order valence-electron chi connectivity index (χ2n) is 2.86. The fraction of sp³-hybridized carbons (Fsp3) is 0.250. The van der Waals surface area contributed by atoms with E-state index in [2.05, 4.69) is 20.2 Å². The molecule has 2 aromatic rings. The molecule has 0 bridgehead atoms. The molecule has 0 radical (unpaired) electrons. The average Bonchev–Trinajstić information content (AvgIpc) is 2.64. The molecular weight excluding hydrogens is 196 g/mol. The van der Waals surface area contributed by atoms with E-state index in [1.54, 1.807) is 13.2 Å². The van der Waals surface area contributed by atoms with Crippen LogP contribution in [0.3, 0.4) is 0 Å². The van der Waals surface area contributed by atoms with E-state index < -0.39 is 0 Å². The number of rotatable bonds is 2. The van der Waals surface area contributed by atoms with Gasteiger partial charge < -0.3 is 10.5 Å². The highest BCUT2D eigenvalue weighted by atomic mass is 16.5. The minimum Gasteiger partial charge on any atom is -0.491 e. The van der Waals surface area contributed by atoms with E-state index in [-0.39, 0.29) is 5.82 Å². The van der Waals surface area contributed by atoms with Crippen LogP contribution in [-0.2, 0) is 7.05 Å². The number of nitrogen functional groups attached to an aromatic ring is 1. The summed E-state index contributed by atoms with van der Waals surface area (Å²) in [6.45, 7) is 0. The van der Waals surface area contributed by atoms with E-state index in [4.69, 9.17) is 10.5 Å². The first-order chi connectivity index (χ1) is 7.22. The van der Waals surface area contributed by atoms with Gasteiger partial charge in [0.25, 0.3) is 0 Å². The second-order valence-corrected chi connectivity index (χ2v) is 2.86. The summed E-state index contributed by atoms with van der Waals surface area (Å²) < 4.78 is 5.11. The Morgan fingerprint density at radius 1 is 1.40 bits per heavy atom. The normalized spacial score (nSPS) is 10.3. The predicted octanol–water partition coefficient (Wildman–Crippen LogP) is -0.137. The molecule has 7 heteroatoms. The summed E-state index contributed by atoms with van der Waals surface area (Å²) >= 11 is 0. The van der Waals surface area contributed by atoms with E-state index in [1.165, 1.54) is 18.2 Å². The maximum atomic E-state index is 5.64. The smallest absolute Gasteiger partial charge is 0.189 e. The van der Waals surface area contributed by atoms with E-state index in [1.807, 2.05) is 0 Å². The summed E-state index contributed by atoms with van der Waals surface area (Å²) in [5, 5.41) is 8.06. The van der Waals surface area contributed by atoms with Crippen molar-refractivity contribution >= 4 is 5.82 Å². The Labute approximate surface area is 85.9 Å². The molecule has 0 aliphatic rings. The molecule has 7 nitrogen and oxygen atoms in total. The maximum absolute atomic E-state index is 5.64. The van der Waals surface area contributed by atoms with E-state index in [9.17, 15) is 0 Å². The minimum atomic E-state index is 0.285. The lowest BCUT2D eigenvalue weighted by molar-refractivity contribution is 0.415. The van der Waals surface area contributed by atoms with Crippen LogP contribution in [0.5, 0.6) is 5.75 Å². The summed E-state index contributed by atoms with van der Waals surface area (Å²) in [5.74, 6) is 0.700. The molecule has 0 saturated heterocycles. The van der Waals surface area contributed by atoms with Crippen LogP contribution in [0.15, 0.2) is 12.5 Å². The van der Waals surface area contributed by atoms with Crippen molar-refractivity contribution in [3.05, 3.63) is 12.5 Å². The van der Waals surface area contributed by atoms with Crippen LogP contribution >= 0.6 is 0 Å². The molecule has 0 atom stereocenters. The van der Waals surface area contributed by atoms with Crippen molar-refractivity contribution in [3.63, 3.8) is 0 Å². The third-order valence-corrected chi connectivity index (χ3v) is 1.88. The number of aromatic nitrogens is 5. The first-order valence-electron chi connectivity index (χ1n) is 4.23. The fourth-order valence-electron chi connectivity index (χ4n) is 1.23. The third-order valence-electron chi connectivity index (χ3n) is 1.88. The standard InChI is InChI=1S/C8H10N6O/c1-14-12-3-5(13-14)6-7(15-2)8(9)11-4-10-6/h3-4H,1-2H3,(H2,9,10,11). The number of nitrogens with two attached hydrogens (primary N) is 1. The molecule has 2 aromatic heterocycles. The highest BCUT2D eigenvalue weighted by Crippen LogP contribution is 2.29. The van der Waals surface area contributed by atoms with Gasteiger partial charge in [-0.3, -0.25) is 0 Å². The number of nitrogens with zero attached hydrogens (tertiary/aromatic N) is 5. The van der Waals surface area contributed by atoms with Crippen LogP contribution in [0.2, 0.25) is 0 Å². The molecule has 0 aliphatic heterocycles. The van der Waals surface area contributed by atoms with E-state index >= 15 is 0 Å². The highest BCUT2D eigenvalue weighted by Gasteiger charge is 2.14. The number of hydrogen-bond acceptors (Lipinski definition) is 6. The molecule has 2 N–H and O–H groups in total. The number of ether oxygens (including phenoxy) is 1. The number of anilines is 1. The molecule has 2 rings (SSSR count). The Morgan fingerprint density at radius 3 is 2.80 bits per heavy atom. The zero-order valence-electron chi connectivity index (χ0n) is 8.38. The monoisotopic (exact) mass is 206 g/mol. The van der Waals surface area contributed by atoms with Crippen molar-refractivity contribution in [3.8, 4) is 17.1 Å². The van der Waals surface area contributed by atoms with E-state index in [0.29, 0.717) is 17.1 Å². The fourth-order valence-corrected chi connectivity index (χ4v) is 1.23.